The molecule has 3 aromatic rings. The number of hydrogen-bond acceptors (Lipinski definition) is 3. The number of sulfonamides is 1. The summed E-state index contributed by atoms with van der Waals surface area (Å²) in [5, 5.41) is 2.41. The van der Waals surface area contributed by atoms with Gasteiger partial charge in [-0.2, -0.15) is 0 Å². The highest BCUT2D eigenvalue weighted by Gasteiger charge is 2.22. The molecule has 5 nitrogen and oxygen atoms in total. The van der Waals surface area contributed by atoms with Crippen molar-refractivity contribution in [2.24, 2.45) is 0 Å². The van der Waals surface area contributed by atoms with Gasteiger partial charge in [-0.05, 0) is 42.5 Å². The minimum Gasteiger partial charge on any atom is -0.322 e. The van der Waals surface area contributed by atoms with Gasteiger partial charge in [0.2, 0.25) is 0 Å². The summed E-state index contributed by atoms with van der Waals surface area (Å²) in [6.45, 7) is 0. The molecule has 0 bridgehead atoms. The Morgan fingerprint density at radius 3 is 2.28 bits per heavy atom. The lowest BCUT2D eigenvalue weighted by molar-refractivity contribution is 0.102. The van der Waals surface area contributed by atoms with E-state index in [4.69, 9.17) is 11.6 Å². The number of nitrogens with zero attached hydrogens (tertiary/aromatic N) is 1. The monoisotopic (exact) mass is 436 g/mol. The van der Waals surface area contributed by atoms with E-state index >= 15 is 0 Å². The van der Waals surface area contributed by atoms with Gasteiger partial charge in [0.05, 0.1) is 21.2 Å². The molecule has 0 saturated carbocycles. The van der Waals surface area contributed by atoms with Crippen molar-refractivity contribution in [3.63, 3.8) is 0 Å². The molecular formula is C20H15ClF2N2O3S. The smallest absolute Gasteiger partial charge is 0.264 e. The maximum absolute atomic E-state index is 13.3. The van der Waals surface area contributed by atoms with E-state index in [1.165, 1.54) is 43.4 Å². The minimum absolute atomic E-state index is 0.00213. The van der Waals surface area contributed by atoms with Crippen molar-refractivity contribution in [1.82, 2.24) is 0 Å². The molecule has 0 unspecified atom stereocenters. The van der Waals surface area contributed by atoms with Gasteiger partial charge in [0.15, 0.2) is 11.6 Å². The van der Waals surface area contributed by atoms with Crippen LogP contribution in [-0.4, -0.2) is 21.4 Å². The number of amides is 1. The molecule has 3 aromatic carbocycles. The first-order valence-electron chi connectivity index (χ1n) is 8.30. The van der Waals surface area contributed by atoms with E-state index in [0.717, 1.165) is 16.4 Å². The van der Waals surface area contributed by atoms with E-state index in [0.29, 0.717) is 0 Å². The average Bonchev–Trinajstić information content (AvgIpc) is 2.70. The first-order valence-corrected chi connectivity index (χ1v) is 10.1. The molecular weight excluding hydrogens is 422 g/mol. The summed E-state index contributed by atoms with van der Waals surface area (Å²) >= 11 is 6.17. The van der Waals surface area contributed by atoms with Crippen LogP contribution in [0.1, 0.15) is 10.4 Å². The van der Waals surface area contributed by atoms with Crippen molar-refractivity contribution in [3.8, 4) is 0 Å². The first-order chi connectivity index (χ1) is 13.7. The Kier molecular flexibility index (Phi) is 5.86. The molecule has 29 heavy (non-hydrogen) atoms. The topological polar surface area (TPSA) is 66.5 Å². The van der Waals surface area contributed by atoms with Crippen LogP contribution >= 0.6 is 11.6 Å². The number of hydrogen-bond donors (Lipinski definition) is 1. The van der Waals surface area contributed by atoms with Crippen LogP contribution < -0.4 is 9.62 Å². The summed E-state index contributed by atoms with van der Waals surface area (Å²) in [5.74, 6) is -2.79. The van der Waals surface area contributed by atoms with Crippen molar-refractivity contribution in [3.05, 3.63) is 89.0 Å². The Morgan fingerprint density at radius 2 is 1.66 bits per heavy atom. The second-order valence-electron chi connectivity index (χ2n) is 6.03. The summed E-state index contributed by atoms with van der Waals surface area (Å²) in [5.41, 5.74) is 0.353. The van der Waals surface area contributed by atoms with E-state index < -0.39 is 27.6 Å². The number of benzene rings is 3. The highest BCUT2D eigenvalue weighted by molar-refractivity contribution is 7.92. The summed E-state index contributed by atoms with van der Waals surface area (Å²) in [6, 6.07) is 14.9. The molecule has 0 radical (unpaired) electrons. The van der Waals surface area contributed by atoms with Gasteiger partial charge in [0.25, 0.3) is 15.9 Å². The van der Waals surface area contributed by atoms with Crippen molar-refractivity contribution in [2.45, 2.75) is 4.90 Å². The van der Waals surface area contributed by atoms with Crippen LogP contribution in [0.2, 0.25) is 5.02 Å². The Morgan fingerprint density at radius 1 is 0.966 bits per heavy atom. The number of halogens is 3. The third-order valence-corrected chi connectivity index (χ3v) is 6.25. The van der Waals surface area contributed by atoms with Gasteiger partial charge in [-0.3, -0.25) is 9.10 Å². The number of carbonyl (C=O) groups excluding carboxylic acids is 1. The lowest BCUT2D eigenvalue weighted by Crippen LogP contribution is -2.26. The molecule has 1 N–H and O–H groups in total. The van der Waals surface area contributed by atoms with Gasteiger partial charge in [0.1, 0.15) is 0 Å². The second-order valence-corrected chi connectivity index (χ2v) is 8.41. The zero-order chi connectivity index (χ0) is 21.2. The van der Waals surface area contributed by atoms with Crippen LogP contribution in [0.15, 0.2) is 71.6 Å². The van der Waals surface area contributed by atoms with E-state index in [9.17, 15) is 22.0 Å². The predicted molar refractivity (Wildman–Crippen MR) is 108 cm³/mol. The Bertz CT molecular complexity index is 1170. The van der Waals surface area contributed by atoms with E-state index in [2.05, 4.69) is 5.32 Å². The van der Waals surface area contributed by atoms with Gasteiger partial charge < -0.3 is 5.32 Å². The summed E-state index contributed by atoms with van der Waals surface area (Å²) < 4.78 is 52.7. The van der Waals surface area contributed by atoms with E-state index in [1.54, 1.807) is 18.2 Å². The van der Waals surface area contributed by atoms with Crippen LogP contribution in [0, 0.1) is 11.6 Å². The fraction of sp³-hybridized carbons (Fsp3) is 0.0500. The third kappa shape index (κ3) is 4.38. The highest BCUT2D eigenvalue weighted by atomic mass is 35.5. The number of anilines is 2. The van der Waals surface area contributed by atoms with Crippen LogP contribution in [0.3, 0.4) is 0 Å². The van der Waals surface area contributed by atoms with Gasteiger partial charge in [0, 0.05) is 18.8 Å². The Balaban J connectivity index is 1.84. The molecule has 0 aromatic heterocycles. The highest BCUT2D eigenvalue weighted by Crippen LogP contribution is 2.28. The molecule has 0 spiro atoms. The lowest BCUT2D eigenvalue weighted by Gasteiger charge is -2.20. The molecule has 0 aliphatic rings. The predicted octanol–water partition coefficient (Wildman–Crippen LogP) is 4.70. The lowest BCUT2D eigenvalue weighted by atomic mass is 10.2. The van der Waals surface area contributed by atoms with Crippen molar-refractivity contribution in [2.75, 3.05) is 16.7 Å². The van der Waals surface area contributed by atoms with Crippen molar-refractivity contribution >= 4 is 38.9 Å². The molecule has 0 saturated heterocycles. The van der Waals surface area contributed by atoms with Gasteiger partial charge in [-0.25, -0.2) is 17.2 Å². The molecule has 0 atom stereocenters. The quantitative estimate of drug-likeness (QED) is 0.630. The van der Waals surface area contributed by atoms with Crippen molar-refractivity contribution < 1.29 is 22.0 Å². The van der Waals surface area contributed by atoms with Crippen LogP contribution in [0.5, 0.6) is 0 Å². The second kappa shape index (κ2) is 8.18. The standard InChI is InChI=1S/C20H15ClF2N2O3S/c1-25(29(27,28)15-5-3-2-4-6-15)14-8-9-16(17(21)12-14)20(26)24-13-7-10-18(22)19(23)11-13/h2-12H,1H3,(H,24,26). The summed E-state index contributed by atoms with van der Waals surface area (Å²) in [6.07, 6.45) is 0. The first kappa shape index (κ1) is 20.8. The van der Waals surface area contributed by atoms with Crippen LogP contribution in [0.25, 0.3) is 0 Å². The average molecular weight is 437 g/mol. The zero-order valence-electron chi connectivity index (χ0n) is 15.1. The van der Waals surface area contributed by atoms with Gasteiger partial charge in [-0.1, -0.05) is 29.8 Å². The normalized spacial score (nSPS) is 11.2. The van der Waals surface area contributed by atoms with Crippen LogP contribution in [0.4, 0.5) is 20.2 Å². The zero-order valence-corrected chi connectivity index (χ0v) is 16.6. The molecule has 0 fully saturated rings. The maximum Gasteiger partial charge on any atom is 0.264 e. The van der Waals surface area contributed by atoms with E-state index in [1.807, 2.05) is 0 Å². The largest absolute Gasteiger partial charge is 0.322 e. The van der Waals surface area contributed by atoms with Gasteiger partial charge >= 0.3 is 0 Å². The number of carbonyl (C=O) groups is 1. The molecule has 1 amide bonds. The molecule has 150 valence electrons. The Hall–Kier alpha value is -2.97. The molecule has 9 heteroatoms. The summed E-state index contributed by atoms with van der Waals surface area (Å²) in [4.78, 5) is 12.5. The fourth-order valence-electron chi connectivity index (χ4n) is 2.55. The maximum atomic E-state index is 13.3. The molecule has 0 aliphatic heterocycles. The van der Waals surface area contributed by atoms with E-state index in [-0.39, 0.29) is 26.9 Å². The molecule has 0 heterocycles. The SMILES string of the molecule is CN(c1ccc(C(=O)Nc2ccc(F)c(F)c2)c(Cl)c1)S(=O)(=O)c1ccccc1. The molecule has 0 aliphatic carbocycles. The van der Waals surface area contributed by atoms with Gasteiger partial charge in [-0.15, -0.1) is 0 Å². The molecule has 3 rings (SSSR count). The number of rotatable bonds is 5. The third-order valence-electron chi connectivity index (χ3n) is 4.14. The Labute approximate surface area is 171 Å². The minimum atomic E-state index is -3.80. The fourth-order valence-corrected chi connectivity index (χ4v) is 4.01. The van der Waals surface area contributed by atoms with Crippen molar-refractivity contribution in [1.29, 1.82) is 0 Å². The van der Waals surface area contributed by atoms with Crippen LogP contribution in [-0.2, 0) is 10.0 Å². The summed E-state index contributed by atoms with van der Waals surface area (Å²) in [7, 11) is -2.43. The number of nitrogens with one attached hydrogen (secondary N) is 1.